The van der Waals surface area contributed by atoms with Crippen LogP contribution in [0.25, 0.3) is 0 Å². The molecule has 1 amide bonds. The van der Waals surface area contributed by atoms with Gasteiger partial charge in [0.25, 0.3) is 0 Å². The highest BCUT2D eigenvalue weighted by Gasteiger charge is 2.23. The molecule has 1 unspecified atom stereocenters. The molecule has 4 nitrogen and oxygen atoms in total. The minimum absolute atomic E-state index is 0.0295. The van der Waals surface area contributed by atoms with E-state index in [2.05, 4.69) is 0 Å². The van der Waals surface area contributed by atoms with Crippen molar-refractivity contribution in [2.45, 2.75) is 19.4 Å². The van der Waals surface area contributed by atoms with Gasteiger partial charge in [-0.05, 0) is 6.42 Å². The Morgan fingerprint density at radius 2 is 2.47 bits per heavy atom. The Morgan fingerprint density at radius 1 is 1.67 bits per heavy atom. The molecule has 15 heavy (non-hydrogen) atoms. The predicted octanol–water partition coefficient (Wildman–Crippen LogP) is 0.879. The van der Waals surface area contributed by atoms with E-state index in [1.54, 1.807) is 4.90 Å². The van der Waals surface area contributed by atoms with Gasteiger partial charge < -0.3 is 14.4 Å². The Labute approximate surface area is 95.5 Å². The van der Waals surface area contributed by atoms with E-state index >= 15 is 0 Å². The maximum Gasteiger partial charge on any atom is 0.248 e. The van der Waals surface area contributed by atoms with Crippen LogP contribution in [0.1, 0.15) is 13.3 Å². The molecule has 1 heterocycles. The summed E-state index contributed by atoms with van der Waals surface area (Å²) in [6.07, 6.45) is 0.899. The molecule has 1 aliphatic heterocycles. The number of carbonyl (C=O) groups is 1. The number of alkyl halides is 1. The van der Waals surface area contributed by atoms with Gasteiger partial charge in [-0.3, -0.25) is 4.79 Å². The first-order valence-electron chi connectivity index (χ1n) is 5.31. The van der Waals surface area contributed by atoms with E-state index in [9.17, 15) is 4.79 Å². The van der Waals surface area contributed by atoms with Crippen LogP contribution < -0.4 is 0 Å². The number of carbonyl (C=O) groups excluding carboxylic acids is 1. The number of nitrogens with zero attached hydrogens (tertiary/aromatic N) is 1. The average Bonchev–Trinajstić information content (AvgIpc) is 2.29. The highest BCUT2D eigenvalue weighted by atomic mass is 35.5. The molecule has 5 heteroatoms. The predicted molar refractivity (Wildman–Crippen MR) is 58.2 cm³/mol. The first-order chi connectivity index (χ1) is 7.27. The molecule has 0 aromatic rings. The zero-order valence-electron chi connectivity index (χ0n) is 9.08. The average molecular weight is 236 g/mol. The van der Waals surface area contributed by atoms with Crippen LogP contribution in [0.2, 0.25) is 0 Å². The van der Waals surface area contributed by atoms with Gasteiger partial charge >= 0.3 is 0 Å². The molecule has 0 radical (unpaired) electrons. The van der Waals surface area contributed by atoms with Crippen molar-refractivity contribution in [1.29, 1.82) is 0 Å². The fraction of sp³-hybridized carbons (Fsp3) is 0.900. The molecular formula is C10H18ClNO3. The lowest BCUT2D eigenvalue weighted by Crippen LogP contribution is -2.47. The van der Waals surface area contributed by atoms with Gasteiger partial charge in [0.05, 0.1) is 18.6 Å². The SMILES string of the molecule is CCCOCC(=O)N1CCOC(CCl)C1. The van der Waals surface area contributed by atoms with Gasteiger partial charge in [-0.1, -0.05) is 6.92 Å². The molecule has 0 aromatic carbocycles. The first-order valence-corrected chi connectivity index (χ1v) is 5.84. The van der Waals surface area contributed by atoms with Crippen LogP contribution in [-0.2, 0) is 14.3 Å². The van der Waals surface area contributed by atoms with Gasteiger partial charge in [-0.15, -0.1) is 11.6 Å². The van der Waals surface area contributed by atoms with Gasteiger partial charge in [-0.25, -0.2) is 0 Å². The molecule has 0 bridgehead atoms. The minimum atomic E-state index is -0.0319. The molecule has 88 valence electrons. The molecular weight excluding hydrogens is 218 g/mol. The van der Waals surface area contributed by atoms with E-state index in [1.165, 1.54) is 0 Å². The lowest BCUT2D eigenvalue weighted by atomic mass is 10.3. The summed E-state index contributed by atoms with van der Waals surface area (Å²) in [7, 11) is 0. The Bertz CT molecular complexity index is 201. The summed E-state index contributed by atoms with van der Waals surface area (Å²) in [5.74, 6) is 0.460. The molecule has 1 rings (SSSR count). The Balaban J connectivity index is 2.25. The topological polar surface area (TPSA) is 38.8 Å². The number of ether oxygens (including phenoxy) is 2. The van der Waals surface area contributed by atoms with Crippen molar-refractivity contribution in [2.24, 2.45) is 0 Å². The number of rotatable bonds is 5. The van der Waals surface area contributed by atoms with Crippen molar-refractivity contribution in [3.05, 3.63) is 0 Å². The maximum atomic E-state index is 11.6. The third kappa shape index (κ3) is 4.36. The standard InChI is InChI=1S/C10H18ClNO3/c1-2-4-14-8-10(13)12-3-5-15-9(6-11)7-12/h9H,2-8H2,1H3. The van der Waals surface area contributed by atoms with Gasteiger partial charge in [0.15, 0.2) is 0 Å². The summed E-state index contributed by atoms with van der Waals surface area (Å²) in [6.45, 7) is 4.61. The van der Waals surface area contributed by atoms with Crippen molar-refractivity contribution in [2.75, 3.05) is 38.8 Å². The van der Waals surface area contributed by atoms with Crippen molar-refractivity contribution in [1.82, 2.24) is 4.90 Å². The third-order valence-corrected chi connectivity index (χ3v) is 2.58. The van der Waals surface area contributed by atoms with E-state index < -0.39 is 0 Å². The van der Waals surface area contributed by atoms with Gasteiger partial charge in [0.2, 0.25) is 5.91 Å². The number of halogens is 1. The molecule has 0 N–H and O–H groups in total. The van der Waals surface area contributed by atoms with Gasteiger partial charge in [-0.2, -0.15) is 0 Å². The molecule has 1 fully saturated rings. The van der Waals surface area contributed by atoms with Crippen LogP contribution in [0, 0.1) is 0 Å². The number of hydrogen-bond acceptors (Lipinski definition) is 3. The van der Waals surface area contributed by atoms with Gasteiger partial charge in [0.1, 0.15) is 6.61 Å². The second kappa shape index (κ2) is 7.04. The molecule has 1 atom stereocenters. The molecule has 0 spiro atoms. The summed E-state index contributed by atoms with van der Waals surface area (Å²) >= 11 is 5.68. The Hall–Kier alpha value is -0.320. The zero-order chi connectivity index (χ0) is 11.1. The maximum absolute atomic E-state index is 11.6. The Morgan fingerprint density at radius 3 is 3.13 bits per heavy atom. The van der Waals surface area contributed by atoms with Crippen LogP contribution in [0.15, 0.2) is 0 Å². The van der Waals surface area contributed by atoms with Crippen molar-refractivity contribution < 1.29 is 14.3 Å². The summed E-state index contributed by atoms with van der Waals surface area (Å²) < 4.78 is 10.6. The summed E-state index contributed by atoms with van der Waals surface area (Å²) in [5, 5.41) is 0. The minimum Gasteiger partial charge on any atom is -0.373 e. The van der Waals surface area contributed by atoms with E-state index in [0.29, 0.717) is 32.2 Å². The fourth-order valence-corrected chi connectivity index (χ4v) is 1.62. The molecule has 0 aromatic heterocycles. The smallest absolute Gasteiger partial charge is 0.248 e. The van der Waals surface area contributed by atoms with E-state index in [1.807, 2.05) is 6.92 Å². The zero-order valence-corrected chi connectivity index (χ0v) is 9.83. The summed E-state index contributed by atoms with van der Waals surface area (Å²) in [5.41, 5.74) is 0. The highest BCUT2D eigenvalue weighted by Crippen LogP contribution is 2.07. The Kier molecular flexibility index (Phi) is 5.98. The highest BCUT2D eigenvalue weighted by molar-refractivity contribution is 6.18. The lowest BCUT2D eigenvalue weighted by molar-refractivity contribution is -0.142. The van der Waals surface area contributed by atoms with Crippen LogP contribution in [0.5, 0.6) is 0 Å². The van der Waals surface area contributed by atoms with Crippen molar-refractivity contribution >= 4 is 17.5 Å². The van der Waals surface area contributed by atoms with Crippen LogP contribution >= 0.6 is 11.6 Å². The summed E-state index contributed by atoms with van der Waals surface area (Å²) in [4.78, 5) is 13.4. The summed E-state index contributed by atoms with van der Waals surface area (Å²) in [6, 6.07) is 0. The van der Waals surface area contributed by atoms with E-state index in [4.69, 9.17) is 21.1 Å². The third-order valence-electron chi connectivity index (χ3n) is 2.24. The lowest BCUT2D eigenvalue weighted by Gasteiger charge is -2.31. The number of amides is 1. The second-order valence-electron chi connectivity index (χ2n) is 3.54. The second-order valence-corrected chi connectivity index (χ2v) is 3.85. The van der Waals surface area contributed by atoms with E-state index in [0.717, 1.165) is 6.42 Å². The molecule has 1 aliphatic rings. The van der Waals surface area contributed by atoms with Crippen LogP contribution in [-0.4, -0.2) is 55.7 Å². The van der Waals surface area contributed by atoms with Gasteiger partial charge in [0, 0.05) is 19.7 Å². The molecule has 0 aliphatic carbocycles. The largest absolute Gasteiger partial charge is 0.373 e. The first kappa shape index (κ1) is 12.7. The molecule has 0 saturated carbocycles. The number of hydrogen-bond donors (Lipinski definition) is 0. The number of morpholine rings is 1. The van der Waals surface area contributed by atoms with E-state index in [-0.39, 0.29) is 18.6 Å². The van der Waals surface area contributed by atoms with Crippen LogP contribution in [0.4, 0.5) is 0 Å². The normalized spacial score (nSPS) is 21.7. The van der Waals surface area contributed by atoms with Crippen molar-refractivity contribution in [3.8, 4) is 0 Å². The molecule has 1 saturated heterocycles. The van der Waals surface area contributed by atoms with Crippen molar-refractivity contribution in [3.63, 3.8) is 0 Å². The fourth-order valence-electron chi connectivity index (χ4n) is 1.43. The monoisotopic (exact) mass is 235 g/mol. The quantitative estimate of drug-likeness (QED) is 0.525. The van der Waals surface area contributed by atoms with Crippen LogP contribution in [0.3, 0.4) is 0 Å².